The topological polar surface area (TPSA) is 76.0 Å². The number of carbonyl (C=O) groups excluding carboxylic acids is 2. The van der Waals surface area contributed by atoms with Crippen LogP contribution >= 0.6 is 0 Å². The largest absolute Gasteiger partial charge is 0.351 e. The first-order valence-corrected chi connectivity index (χ1v) is 9.77. The van der Waals surface area contributed by atoms with Crippen LogP contribution in [0.1, 0.15) is 70.5 Å². The Morgan fingerprint density at radius 1 is 1.11 bits per heavy atom. The molecule has 0 fully saturated rings. The molecule has 3 rings (SSSR count). The predicted molar refractivity (Wildman–Crippen MR) is 106 cm³/mol. The van der Waals surface area contributed by atoms with Gasteiger partial charge in [-0.05, 0) is 62.8 Å². The molecular formula is C21H28N4O2. The summed E-state index contributed by atoms with van der Waals surface area (Å²) in [5.41, 5.74) is 4.20. The van der Waals surface area contributed by atoms with E-state index in [4.69, 9.17) is 0 Å². The van der Waals surface area contributed by atoms with E-state index in [-0.39, 0.29) is 11.8 Å². The second-order valence-corrected chi connectivity index (χ2v) is 7.28. The number of hydrogen-bond acceptors (Lipinski definition) is 3. The van der Waals surface area contributed by atoms with Crippen molar-refractivity contribution >= 4 is 17.5 Å². The Bertz CT molecular complexity index is 834. The maximum atomic E-state index is 12.9. The predicted octanol–water partition coefficient (Wildman–Crippen LogP) is 3.62. The molecule has 1 aliphatic rings. The van der Waals surface area contributed by atoms with E-state index in [0.717, 1.165) is 61.2 Å². The molecule has 0 unspecified atom stereocenters. The fourth-order valence-electron chi connectivity index (χ4n) is 3.59. The van der Waals surface area contributed by atoms with Crippen LogP contribution in [0.15, 0.2) is 18.2 Å². The Labute approximate surface area is 160 Å². The fraction of sp³-hybridized carbons (Fsp3) is 0.476. The molecule has 2 amide bonds. The van der Waals surface area contributed by atoms with Crippen LogP contribution in [0.2, 0.25) is 0 Å². The molecule has 0 radical (unpaired) electrons. The Kier molecular flexibility index (Phi) is 5.94. The first-order chi connectivity index (χ1) is 13.0. The lowest BCUT2D eigenvalue weighted by Crippen LogP contribution is -2.26. The van der Waals surface area contributed by atoms with Crippen LogP contribution in [-0.2, 0) is 13.0 Å². The van der Waals surface area contributed by atoms with E-state index in [1.807, 2.05) is 30.5 Å². The summed E-state index contributed by atoms with van der Waals surface area (Å²) in [4.78, 5) is 29.9. The second-order valence-electron chi connectivity index (χ2n) is 7.28. The second kappa shape index (κ2) is 8.37. The highest BCUT2D eigenvalue weighted by Crippen LogP contribution is 2.22. The van der Waals surface area contributed by atoms with Gasteiger partial charge in [0.15, 0.2) is 5.82 Å². The van der Waals surface area contributed by atoms with Crippen molar-refractivity contribution in [1.82, 2.24) is 14.9 Å². The average molecular weight is 368 g/mol. The molecule has 6 heteroatoms. The number of nitrogens with one attached hydrogen (secondary N) is 2. The van der Waals surface area contributed by atoms with Gasteiger partial charge in [0, 0.05) is 18.8 Å². The van der Waals surface area contributed by atoms with Gasteiger partial charge in [0.05, 0.1) is 5.69 Å². The number of imidazole rings is 1. The van der Waals surface area contributed by atoms with Crippen LogP contribution in [0.3, 0.4) is 0 Å². The first-order valence-electron chi connectivity index (χ1n) is 9.77. The number of aryl methyl sites for hydroxylation is 2. The molecule has 144 valence electrons. The van der Waals surface area contributed by atoms with E-state index in [0.29, 0.717) is 18.1 Å². The zero-order valence-electron chi connectivity index (χ0n) is 16.4. The molecule has 0 bridgehead atoms. The summed E-state index contributed by atoms with van der Waals surface area (Å²) in [5, 5.41) is 5.86. The van der Waals surface area contributed by atoms with Gasteiger partial charge in [-0.3, -0.25) is 9.59 Å². The van der Waals surface area contributed by atoms with Crippen LogP contribution in [0.25, 0.3) is 0 Å². The van der Waals surface area contributed by atoms with E-state index in [2.05, 4.69) is 28.6 Å². The molecule has 0 saturated carbocycles. The van der Waals surface area contributed by atoms with E-state index in [9.17, 15) is 9.59 Å². The minimum absolute atomic E-state index is 0.181. The van der Waals surface area contributed by atoms with Crippen molar-refractivity contribution in [2.45, 2.75) is 59.4 Å². The summed E-state index contributed by atoms with van der Waals surface area (Å²) in [6.07, 6.45) is 4.73. The number of aromatic nitrogens is 2. The summed E-state index contributed by atoms with van der Waals surface area (Å²) in [6, 6.07) is 5.93. The van der Waals surface area contributed by atoms with Crippen LogP contribution in [0, 0.1) is 13.8 Å². The molecule has 0 atom stereocenters. The minimum atomic E-state index is -0.268. The van der Waals surface area contributed by atoms with Gasteiger partial charge in [0.25, 0.3) is 11.8 Å². The third-order valence-electron chi connectivity index (χ3n) is 4.83. The van der Waals surface area contributed by atoms with Crippen molar-refractivity contribution in [1.29, 1.82) is 0 Å². The van der Waals surface area contributed by atoms with Crippen LogP contribution in [0.5, 0.6) is 0 Å². The van der Waals surface area contributed by atoms with Gasteiger partial charge in [0.2, 0.25) is 0 Å². The molecule has 0 saturated heterocycles. The molecule has 27 heavy (non-hydrogen) atoms. The zero-order valence-corrected chi connectivity index (χ0v) is 16.4. The number of carbonyl (C=O) groups is 2. The summed E-state index contributed by atoms with van der Waals surface area (Å²) in [7, 11) is 0. The number of fused-ring (bicyclic) bond motifs is 1. The van der Waals surface area contributed by atoms with Gasteiger partial charge in [-0.15, -0.1) is 0 Å². The fourth-order valence-corrected chi connectivity index (χ4v) is 3.59. The van der Waals surface area contributed by atoms with Gasteiger partial charge >= 0.3 is 0 Å². The first kappa shape index (κ1) is 19.1. The van der Waals surface area contributed by atoms with Gasteiger partial charge in [-0.1, -0.05) is 19.4 Å². The molecule has 6 nitrogen and oxygen atoms in total. The van der Waals surface area contributed by atoms with Crippen molar-refractivity contribution in [3.8, 4) is 0 Å². The summed E-state index contributed by atoms with van der Waals surface area (Å²) >= 11 is 0. The molecule has 1 aliphatic heterocycles. The number of benzene rings is 1. The average Bonchev–Trinajstić information content (AvgIpc) is 3.01. The number of anilines is 1. The van der Waals surface area contributed by atoms with Crippen molar-refractivity contribution in [3.05, 3.63) is 46.5 Å². The normalized spacial score (nSPS) is 13.1. The highest BCUT2D eigenvalue weighted by molar-refractivity contribution is 6.03. The lowest BCUT2D eigenvalue weighted by Gasteiger charge is -2.17. The molecule has 2 N–H and O–H groups in total. The molecule has 0 spiro atoms. The molecule has 0 aliphatic carbocycles. The Morgan fingerprint density at radius 3 is 2.56 bits per heavy atom. The van der Waals surface area contributed by atoms with Crippen LogP contribution in [-0.4, -0.2) is 27.9 Å². The maximum absolute atomic E-state index is 12.9. The standard InChI is InChI=1S/C21H28N4O2/c1-4-5-9-22-20(26)18-17-8-6-7-10-25(17)19(24-18)21(27)23-16-12-14(2)11-15(3)13-16/h11-13H,4-10H2,1-3H3,(H,22,26)(H,23,27). The van der Waals surface area contributed by atoms with Crippen molar-refractivity contribution in [2.75, 3.05) is 11.9 Å². The monoisotopic (exact) mass is 368 g/mol. The van der Waals surface area contributed by atoms with Gasteiger partial charge in [-0.25, -0.2) is 4.98 Å². The molecule has 2 heterocycles. The third-order valence-corrected chi connectivity index (χ3v) is 4.83. The van der Waals surface area contributed by atoms with Crippen molar-refractivity contribution in [3.63, 3.8) is 0 Å². The Morgan fingerprint density at radius 2 is 1.85 bits per heavy atom. The Balaban J connectivity index is 1.86. The molecule has 1 aromatic carbocycles. The Hall–Kier alpha value is -2.63. The van der Waals surface area contributed by atoms with Gasteiger partial charge < -0.3 is 15.2 Å². The quantitative estimate of drug-likeness (QED) is 0.765. The number of rotatable bonds is 6. The van der Waals surface area contributed by atoms with E-state index in [1.165, 1.54) is 0 Å². The molecule has 1 aromatic heterocycles. The lowest BCUT2D eigenvalue weighted by molar-refractivity contribution is 0.0947. The molecular weight excluding hydrogens is 340 g/mol. The summed E-state index contributed by atoms with van der Waals surface area (Å²) in [5.74, 6) is -0.125. The number of hydrogen-bond donors (Lipinski definition) is 2. The lowest BCUT2D eigenvalue weighted by atomic mass is 10.1. The van der Waals surface area contributed by atoms with Crippen molar-refractivity contribution < 1.29 is 9.59 Å². The highest BCUT2D eigenvalue weighted by atomic mass is 16.2. The number of amides is 2. The summed E-state index contributed by atoms with van der Waals surface area (Å²) < 4.78 is 1.91. The van der Waals surface area contributed by atoms with Crippen LogP contribution in [0.4, 0.5) is 5.69 Å². The van der Waals surface area contributed by atoms with Gasteiger partial charge in [-0.2, -0.15) is 0 Å². The highest BCUT2D eigenvalue weighted by Gasteiger charge is 2.27. The number of unbranched alkanes of at least 4 members (excludes halogenated alkanes) is 1. The zero-order chi connectivity index (χ0) is 19.4. The SMILES string of the molecule is CCCCNC(=O)c1nc(C(=O)Nc2cc(C)cc(C)c2)n2c1CCCC2. The van der Waals surface area contributed by atoms with E-state index >= 15 is 0 Å². The smallest absolute Gasteiger partial charge is 0.291 e. The minimum Gasteiger partial charge on any atom is -0.351 e. The van der Waals surface area contributed by atoms with Crippen molar-refractivity contribution in [2.24, 2.45) is 0 Å². The summed E-state index contributed by atoms with van der Waals surface area (Å²) in [6.45, 7) is 7.43. The van der Waals surface area contributed by atoms with Gasteiger partial charge in [0.1, 0.15) is 5.69 Å². The number of nitrogens with zero attached hydrogens (tertiary/aromatic N) is 2. The molecule has 2 aromatic rings. The van der Waals surface area contributed by atoms with E-state index < -0.39 is 0 Å². The maximum Gasteiger partial charge on any atom is 0.291 e. The van der Waals surface area contributed by atoms with Crippen LogP contribution < -0.4 is 10.6 Å². The van der Waals surface area contributed by atoms with E-state index in [1.54, 1.807) is 0 Å². The third kappa shape index (κ3) is 4.38.